The summed E-state index contributed by atoms with van der Waals surface area (Å²) in [6.07, 6.45) is -0.612. The molecule has 0 aliphatic carbocycles. The monoisotopic (exact) mass is 272 g/mol. The Bertz CT molecular complexity index is 268. The maximum atomic E-state index is 12.4. The third-order valence-electron chi connectivity index (χ3n) is 1.02. The number of carbonyl (C=O) groups excluding carboxylic acids is 1. The first-order chi connectivity index (χ1) is 6.58. The van der Waals surface area contributed by atoms with E-state index in [0.717, 1.165) is 0 Å². The number of esters is 1. The van der Waals surface area contributed by atoms with Crippen LogP contribution in [0.15, 0.2) is 11.6 Å². The first-order valence-electron chi connectivity index (χ1n) is 3.18. The van der Waals surface area contributed by atoms with Gasteiger partial charge in [0.05, 0.1) is 0 Å². The van der Waals surface area contributed by atoms with Gasteiger partial charge >= 0.3 is 16.7 Å². The molecule has 9 heteroatoms. The average molecular weight is 273 g/mol. The summed E-state index contributed by atoms with van der Waals surface area (Å²) in [5.74, 6) is -2.02. The normalized spacial score (nSPS) is 13.9. The number of alkyl halides is 7. The second-order valence-corrected chi connectivity index (χ2v) is 3.12. The van der Waals surface area contributed by atoms with E-state index in [1.54, 1.807) is 0 Å². The summed E-state index contributed by atoms with van der Waals surface area (Å²) in [7, 11) is 0. The summed E-state index contributed by atoms with van der Waals surface area (Å²) in [6, 6.07) is 0. The first-order valence-corrected chi connectivity index (χ1v) is 3.93. The van der Waals surface area contributed by atoms with Gasteiger partial charge in [-0.25, -0.2) is 9.18 Å². The molecule has 0 atom stereocenters. The Labute approximate surface area is 90.6 Å². The summed E-state index contributed by atoms with van der Waals surface area (Å²) in [6.45, 7) is -1.75. The SMILES string of the molecule is O=C(OCF)C(=CC(F)(F)Cl)C(F)(F)Cl. The Morgan fingerprint density at radius 2 is 1.73 bits per heavy atom. The van der Waals surface area contributed by atoms with Crippen LogP contribution in [0.4, 0.5) is 22.0 Å². The molecule has 0 spiro atoms. The lowest BCUT2D eigenvalue weighted by atomic mass is 10.2. The number of carbonyl (C=O) groups is 1. The number of rotatable bonds is 4. The standard InChI is InChI=1S/C6H3Cl2F5O2/c7-5(10,11)1-3(6(8,12)13)4(14)15-2-9/h1H,2H2. The zero-order chi connectivity index (χ0) is 12.3. The smallest absolute Gasteiger partial charge is 0.355 e. The quantitative estimate of drug-likeness (QED) is 0.340. The highest BCUT2D eigenvalue weighted by atomic mass is 35.5. The van der Waals surface area contributed by atoms with Crippen LogP contribution in [0.2, 0.25) is 0 Å². The molecule has 0 aromatic rings. The first kappa shape index (κ1) is 14.4. The largest absolute Gasteiger partial charge is 0.430 e. The van der Waals surface area contributed by atoms with Gasteiger partial charge in [-0.3, -0.25) is 0 Å². The van der Waals surface area contributed by atoms with Crippen LogP contribution in [0.5, 0.6) is 0 Å². The number of allylic oxidation sites excluding steroid dienone is 1. The topological polar surface area (TPSA) is 26.3 Å². The lowest BCUT2D eigenvalue weighted by Gasteiger charge is -2.12. The highest BCUT2D eigenvalue weighted by Crippen LogP contribution is 2.33. The van der Waals surface area contributed by atoms with Gasteiger partial charge in [0.25, 0.3) is 0 Å². The van der Waals surface area contributed by atoms with Gasteiger partial charge in [-0.05, 0) is 23.2 Å². The molecule has 0 unspecified atom stereocenters. The molecular weight excluding hydrogens is 270 g/mol. The summed E-state index contributed by atoms with van der Waals surface area (Å²) < 4.78 is 63.8. The zero-order valence-electron chi connectivity index (χ0n) is 6.75. The molecule has 0 aliphatic rings. The molecule has 15 heavy (non-hydrogen) atoms. The van der Waals surface area contributed by atoms with E-state index in [0.29, 0.717) is 0 Å². The molecule has 0 aromatic carbocycles. The number of hydrogen-bond acceptors (Lipinski definition) is 2. The molecule has 88 valence electrons. The Hall–Kier alpha value is -0.560. The van der Waals surface area contributed by atoms with Gasteiger partial charge in [-0.15, -0.1) is 0 Å². The van der Waals surface area contributed by atoms with Crippen molar-refractivity contribution in [3.8, 4) is 0 Å². The lowest BCUT2D eigenvalue weighted by Crippen LogP contribution is -2.23. The van der Waals surface area contributed by atoms with Gasteiger partial charge in [-0.1, -0.05) is 0 Å². The molecule has 0 saturated carbocycles. The van der Waals surface area contributed by atoms with E-state index in [4.69, 9.17) is 0 Å². The van der Waals surface area contributed by atoms with Crippen LogP contribution in [0.1, 0.15) is 0 Å². The molecule has 0 N–H and O–H groups in total. The van der Waals surface area contributed by atoms with Crippen molar-refractivity contribution in [2.75, 3.05) is 6.86 Å². The third-order valence-corrected chi connectivity index (χ3v) is 1.33. The van der Waals surface area contributed by atoms with Crippen molar-refractivity contribution in [2.45, 2.75) is 10.8 Å². The van der Waals surface area contributed by atoms with Crippen molar-refractivity contribution in [3.05, 3.63) is 11.6 Å². The minimum absolute atomic E-state index is 0.612. The van der Waals surface area contributed by atoms with Crippen LogP contribution >= 0.6 is 23.2 Å². The maximum Gasteiger partial charge on any atom is 0.355 e. The summed E-state index contributed by atoms with van der Waals surface area (Å²) >= 11 is 8.59. The molecule has 0 aromatic heterocycles. The van der Waals surface area contributed by atoms with Crippen LogP contribution in [0, 0.1) is 0 Å². The molecule has 0 heterocycles. The second kappa shape index (κ2) is 4.98. The van der Waals surface area contributed by atoms with Crippen molar-refractivity contribution >= 4 is 29.2 Å². The number of ether oxygens (including phenoxy) is 1. The van der Waals surface area contributed by atoms with E-state index in [-0.39, 0.29) is 0 Å². The minimum Gasteiger partial charge on any atom is -0.430 e. The van der Waals surface area contributed by atoms with Gasteiger partial charge in [0.1, 0.15) is 5.57 Å². The summed E-state index contributed by atoms with van der Waals surface area (Å²) in [4.78, 5) is 10.6. The molecule has 0 bridgehead atoms. The predicted octanol–water partition coefficient (Wildman–Crippen LogP) is 3.05. The zero-order valence-corrected chi connectivity index (χ0v) is 8.26. The summed E-state index contributed by atoms with van der Waals surface area (Å²) in [5.41, 5.74) is -1.93. The van der Waals surface area contributed by atoms with E-state index in [1.807, 2.05) is 0 Å². The van der Waals surface area contributed by atoms with Crippen molar-refractivity contribution in [1.82, 2.24) is 0 Å². The van der Waals surface area contributed by atoms with Crippen molar-refractivity contribution in [1.29, 1.82) is 0 Å². The van der Waals surface area contributed by atoms with Crippen molar-refractivity contribution < 1.29 is 31.5 Å². The lowest BCUT2D eigenvalue weighted by molar-refractivity contribution is -0.145. The van der Waals surface area contributed by atoms with Gasteiger partial charge < -0.3 is 4.74 Å². The number of halogens is 7. The van der Waals surface area contributed by atoms with Crippen LogP contribution < -0.4 is 0 Å². The predicted molar refractivity (Wildman–Crippen MR) is 41.8 cm³/mol. The van der Waals surface area contributed by atoms with E-state index in [1.165, 1.54) is 0 Å². The number of hydrogen-bond donors (Lipinski definition) is 0. The van der Waals surface area contributed by atoms with Crippen molar-refractivity contribution in [3.63, 3.8) is 0 Å². The van der Waals surface area contributed by atoms with Gasteiger partial charge in [0, 0.05) is 6.08 Å². The van der Waals surface area contributed by atoms with Gasteiger partial charge in [-0.2, -0.15) is 17.6 Å². The van der Waals surface area contributed by atoms with Crippen LogP contribution in [-0.4, -0.2) is 23.6 Å². The molecule has 0 saturated heterocycles. The Morgan fingerprint density at radius 1 is 1.27 bits per heavy atom. The Morgan fingerprint density at radius 3 is 2.00 bits per heavy atom. The second-order valence-electron chi connectivity index (χ2n) is 2.14. The third kappa shape index (κ3) is 5.78. The van der Waals surface area contributed by atoms with Crippen LogP contribution in [0.25, 0.3) is 0 Å². The maximum absolute atomic E-state index is 12.4. The van der Waals surface area contributed by atoms with Gasteiger partial charge in [0.2, 0.25) is 6.86 Å². The molecule has 0 rings (SSSR count). The van der Waals surface area contributed by atoms with E-state index in [2.05, 4.69) is 27.9 Å². The van der Waals surface area contributed by atoms with Gasteiger partial charge in [0.15, 0.2) is 0 Å². The fraction of sp³-hybridized carbons (Fsp3) is 0.500. The highest BCUT2D eigenvalue weighted by Gasteiger charge is 2.41. The Balaban J connectivity index is 5.09. The molecule has 0 fully saturated rings. The van der Waals surface area contributed by atoms with E-state index < -0.39 is 35.2 Å². The van der Waals surface area contributed by atoms with Crippen LogP contribution in [-0.2, 0) is 9.53 Å². The average Bonchev–Trinajstić information content (AvgIpc) is 1.97. The van der Waals surface area contributed by atoms with Crippen LogP contribution in [0.3, 0.4) is 0 Å². The van der Waals surface area contributed by atoms with Crippen molar-refractivity contribution in [2.24, 2.45) is 0 Å². The van der Waals surface area contributed by atoms with E-state index >= 15 is 0 Å². The minimum atomic E-state index is -4.43. The summed E-state index contributed by atoms with van der Waals surface area (Å²) in [5, 5.41) is -8.65. The fourth-order valence-electron chi connectivity index (χ4n) is 0.547. The molecular formula is C6H3Cl2F5O2. The molecule has 0 radical (unpaired) electrons. The molecule has 2 nitrogen and oxygen atoms in total. The highest BCUT2D eigenvalue weighted by molar-refractivity contribution is 6.27. The molecule has 0 amide bonds. The van der Waals surface area contributed by atoms with E-state index in [9.17, 15) is 26.7 Å². The Kier molecular flexibility index (Phi) is 4.79. The fourth-order valence-corrected chi connectivity index (χ4v) is 0.788. The molecule has 0 aliphatic heterocycles.